The van der Waals surface area contributed by atoms with Gasteiger partial charge in [-0.25, -0.2) is 0 Å². The molecule has 0 aliphatic heterocycles. The van der Waals surface area contributed by atoms with Crippen LogP contribution in [0.25, 0.3) is 16.8 Å². The molecule has 1 heterocycles. The van der Waals surface area contributed by atoms with E-state index in [1.807, 2.05) is 0 Å². The van der Waals surface area contributed by atoms with Crippen LogP contribution in [-0.4, -0.2) is 4.57 Å². The molecule has 6 rings (SSSR count). The summed E-state index contributed by atoms with van der Waals surface area (Å²) in [5.41, 5.74) is 8.88. The summed E-state index contributed by atoms with van der Waals surface area (Å²) >= 11 is 0. The number of hydrogen-bond acceptors (Lipinski definition) is 1. The Hall–Kier alpha value is -4.04. The summed E-state index contributed by atoms with van der Waals surface area (Å²) < 4.78 is 2.25. The Bertz CT molecular complexity index is 1430. The fraction of sp³-hybridized carbons (Fsp3) is 0.0968. The van der Waals surface area contributed by atoms with E-state index in [2.05, 4.69) is 145 Å². The zero-order valence-electron chi connectivity index (χ0n) is 18.9. The van der Waals surface area contributed by atoms with Gasteiger partial charge in [-0.1, -0.05) is 80.6 Å². The van der Waals surface area contributed by atoms with Gasteiger partial charge in [-0.2, -0.15) is 0 Å². The monoisotopic (exact) mass is 426 g/mol. The topological polar surface area (TPSA) is 8.17 Å². The Morgan fingerprint density at radius 3 is 2.03 bits per heavy atom. The summed E-state index contributed by atoms with van der Waals surface area (Å²) in [5, 5.41) is 0. The van der Waals surface area contributed by atoms with Gasteiger partial charge in [0.25, 0.3) is 0 Å². The molecule has 0 amide bonds. The molecule has 0 bridgehead atoms. The van der Waals surface area contributed by atoms with E-state index in [-0.39, 0.29) is 5.41 Å². The van der Waals surface area contributed by atoms with Gasteiger partial charge in [-0.15, -0.1) is 0 Å². The van der Waals surface area contributed by atoms with Crippen LogP contribution in [0.15, 0.2) is 121 Å². The summed E-state index contributed by atoms with van der Waals surface area (Å²) in [7, 11) is 0. The van der Waals surface area contributed by atoms with Crippen LogP contribution in [0.5, 0.6) is 0 Å². The van der Waals surface area contributed by atoms with Crippen LogP contribution in [0.3, 0.4) is 0 Å². The maximum absolute atomic E-state index is 2.38. The highest BCUT2D eigenvalue weighted by Crippen LogP contribution is 2.50. The molecule has 1 aliphatic carbocycles. The molecule has 0 saturated carbocycles. The van der Waals surface area contributed by atoms with Gasteiger partial charge in [0.1, 0.15) is 5.82 Å². The van der Waals surface area contributed by atoms with Crippen LogP contribution in [0.2, 0.25) is 0 Å². The zero-order chi connectivity index (χ0) is 22.4. The van der Waals surface area contributed by atoms with Crippen molar-refractivity contribution in [1.29, 1.82) is 0 Å². The molecule has 0 N–H and O–H groups in total. The van der Waals surface area contributed by atoms with Crippen LogP contribution in [0.4, 0.5) is 17.2 Å². The molecule has 0 atom stereocenters. The number of rotatable bonds is 4. The highest BCUT2D eigenvalue weighted by Gasteiger charge is 2.35. The smallest absolute Gasteiger partial charge is 0.122 e. The second-order valence-electron chi connectivity index (χ2n) is 9.14. The van der Waals surface area contributed by atoms with E-state index in [0.29, 0.717) is 0 Å². The molecule has 2 nitrogen and oxygen atoms in total. The summed E-state index contributed by atoms with van der Waals surface area (Å²) in [4.78, 5) is 2.35. The lowest BCUT2D eigenvalue weighted by atomic mass is 9.82. The quantitative estimate of drug-likeness (QED) is 0.281. The van der Waals surface area contributed by atoms with Gasteiger partial charge in [-0.05, 0) is 70.8 Å². The standard InChI is InChI=1S/C31H26N2/c1-31(2)28-17-10-9-16-26(28)27-20-19-25(22-29(27)31)33(24-14-7-4-8-15-24)30-18-11-21-32(30)23-12-5-3-6-13-23/h3-22H,1-2H3. The Morgan fingerprint density at radius 2 is 1.24 bits per heavy atom. The van der Waals surface area contributed by atoms with E-state index in [9.17, 15) is 0 Å². The van der Waals surface area contributed by atoms with E-state index in [1.165, 1.54) is 22.3 Å². The van der Waals surface area contributed by atoms with Crippen molar-refractivity contribution in [2.45, 2.75) is 19.3 Å². The zero-order valence-corrected chi connectivity index (χ0v) is 18.9. The van der Waals surface area contributed by atoms with E-state index in [1.54, 1.807) is 0 Å². The Morgan fingerprint density at radius 1 is 0.576 bits per heavy atom. The van der Waals surface area contributed by atoms with Crippen molar-refractivity contribution >= 4 is 17.2 Å². The predicted molar refractivity (Wildman–Crippen MR) is 138 cm³/mol. The molecule has 0 fully saturated rings. The minimum absolute atomic E-state index is 0.0360. The van der Waals surface area contributed by atoms with Crippen molar-refractivity contribution < 1.29 is 0 Å². The number of hydrogen-bond donors (Lipinski definition) is 0. The number of benzene rings is 4. The van der Waals surface area contributed by atoms with Crippen molar-refractivity contribution in [2.24, 2.45) is 0 Å². The Kier molecular flexibility index (Phi) is 4.48. The summed E-state index contributed by atoms with van der Waals surface area (Å²) in [6.45, 7) is 4.67. The molecule has 5 aromatic rings. The van der Waals surface area contributed by atoms with E-state index < -0.39 is 0 Å². The molecular weight excluding hydrogens is 400 g/mol. The SMILES string of the molecule is CC1(C)c2ccccc2-c2ccc(N(c3ccccc3)c3cccn3-c3ccccc3)cc21. The third kappa shape index (κ3) is 3.10. The summed E-state index contributed by atoms with van der Waals surface area (Å²) in [5.74, 6) is 1.11. The van der Waals surface area contributed by atoms with E-state index in [4.69, 9.17) is 0 Å². The molecule has 1 aromatic heterocycles. The number of anilines is 3. The minimum atomic E-state index is -0.0360. The molecule has 1 aliphatic rings. The van der Waals surface area contributed by atoms with Gasteiger partial charge < -0.3 is 4.57 Å². The fourth-order valence-corrected chi connectivity index (χ4v) is 5.18. The third-order valence-corrected chi connectivity index (χ3v) is 6.83. The average molecular weight is 427 g/mol. The fourth-order valence-electron chi connectivity index (χ4n) is 5.18. The second-order valence-corrected chi connectivity index (χ2v) is 9.14. The predicted octanol–water partition coefficient (Wildman–Crippen LogP) is 8.25. The molecule has 0 spiro atoms. The number of nitrogens with zero attached hydrogens (tertiary/aromatic N) is 2. The highest BCUT2D eigenvalue weighted by atomic mass is 15.2. The van der Waals surface area contributed by atoms with Gasteiger partial charge in [0, 0.05) is 28.7 Å². The molecule has 160 valence electrons. The number of fused-ring (bicyclic) bond motifs is 3. The van der Waals surface area contributed by atoms with Gasteiger partial charge in [0.2, 0.25) is 0 Å². The van der Waals surface area contributed by atoms with Crippen molar-refractivity contribution in [3.63, 3.8) is 0 Å². The first-order valence-electron chi connectivity index (χ1n) is 11.5. The molecule has 0 radical (unpaired) electrons. The van der Waals surface area contributed by atoms with Gasteiger partial charge in [0.05, 0.1) is 0 Å². The van der Waals surface area contributed by atoms with Crippen molar-refractivity contribution in [1.82, 2.24) is 4.57 Å². The van der Waals surface area contributed by atoms with Crippen molar-refractivity contribution in [3.05, 3.63) is 133 Å². The maximum atomic E-state index is 2.38. The molecular formula is C31H26N2. The molecule has 2 heteroatoms. The van der Waals surface area contributed by atoms with Crippen LogP contribution in [-0.2, 0) is 5.41 Å². The number of aromatic nitrogens is 1. The van der Waals surface area contributed by atoms with Crippen molar-refractivity contribution in [2.75, 3.05) is 4.90 Å². The van der Waals surface area contributed by atoms with Crippen LogP contribution in [0.1, 0.15) is 25.0 Å². The molecule has 33 heavy (non-hydrogen) atoms. The van der Waals surface area contributed by atoms with Gasteiger partial charge in [-0.3, -0.25) is 4.90 Å². The molecule has 0 unspecified atom stereocenters. The first kappa shape index (κ1) is 19.6. The number of para-hydroxylation sites is 2. The normalized spacial score (nSPS) is 13.4. The van der Waals surface area contributed by atoms with Crippen LogP contribution >= 0.6 is 0 Å². The van der Waals surface area contributed by atoms with Crippen LogP contribution < -0.4 is 4.90 Å². The van der Waals surface area contributed by atoms with Crippen molar-refractivity contribution in [3.8, 4) is 16.8 Å². The lowest BCUT2D eigenvalue weighted by Gasteiger charge is -2.28. The van der Waals surface area contributed by atoms with Gasteiger partial charge in [0.15, 0.2) is 0 Å². The lowest BCUT2D eigenvalue weighted by molar-refractivity contribution is 0.660. The third-order valence-electron chi connectivity index (χ3n) is 6.83. The lowest BCUT2D eigenvalue weighted by Crippen LogP contribution is -2.17. The average Bonchev–Trinajstić information content (AvgIpc) is 3.42. The Balaban J connectivity index is 1.55. The van der Waals surface area contributed by atoms with Crippen LogP contribution in [0, 0.1) is 0 Å². The second kappa shape index (κ2) is 7.53. The maximum Gasteiger partial charge on any atom is 0.122 e. The largest absolute Gasteiger partial charge is 0.303 e. The first-order chi connectivity index (χ1) is 16.1. The first-order valence-corrected chi connectivity index (χ1v) is 11.5. The van der Waals surface area contributed by atoms with Gasteiger partial charge >= 0.3 is 0 Å². The summed E-state index contributed by atoms with van der Waals surface area (Å²) in [6, 6.07) is 41.2. The highest BCUT2D eigenvalue weighted by molar-refractivity contribution is 5.85. The minimum Gasteiger partial charge on any atom is -0.303 e. The molecule has 4 aromatic carbocycles. The van der Waals surface area contributed by atoms with E-state index in [0.717, 1.165) is 22.9 Å². The summed E-state index contributed by atoms with van der Waals surface area (Å²) in [6.07, 6.45) is 2.13. The molecule has 0 saturated heterocycles. The van der Waals surface area contributed by atoms with E-state index >= 15 is 0 Å². The Labute approximate surface area is 195 Å².